The van der Waals surface area contributed by atoms with Gasteiger partial charge in [0.25, 0.3) is 0 Å². The largest absolute Gasteiger partial charge is 0.423 e. The predicted molar refractivity (Wildman–Crippen MR) is 161 cm³/mol. The topological polar surface area (TPSA) is 26.3 Å². The quantitative estimate of drug-likeness (QED) is 0.0660. The van der Waals surface area contributed by atoms with Crippen molar-refractivity contribution >= 4 is 108 Å². The fraction of sp³-hybridized carbons (Fsp3) is 0. The molecule has 0 fully saturated rings. The minimum absolute atomic E-state index is 0.357. The second kappa shape index (κ2) is 11.5. The van der Waals surface area contributed by atoms with Gasteiger partial charge < -0.3 is 4.74 Å². The molecule has 0 radical (unpaired) electrons. The molecule has 0 unspecified atom stereocenters. The van der Waals surface area contributed by atoms with Crippen molar-refractivity contribution in [3.8, 4) is 5.75 Å². The molecule has 0 aliphatic carbocycles. The average Bonchev–Trinajstić information content (AvgIpc) is 2.80. The molecule has 0 amide bonds. The summed E-state index contributed by atoms with van der Waals surface area (Å²) in [5, 5.41) is 1.39. The first-order valence-electron chi connectivity index (χ1n) is 9.54. The van der Waals surface area contributed by atoms with Crippen molar-refractivity contribution < 1.29 is 9.53 Å². The van der Waals surface area contributed by atoms with E-state index in [1.54, 1.807) is 0 Å². The summed E-state index contributed by atoms with van der Waals surface area (Å²) >= 11 is 18.8. The smallest absolute Gasteiger partial charge is 0.345 e. The van der Waals surface area contributed by atoms with E-state index in [0.717, 1.165) is 25.4 Å². The molecule has 0 bridgehead atoms. The van der Waals surface area contributed by atoms with Crippen LogP contribution in [-0.2, 0) is 10.9 Å². The van der Waals surface area contributed by atoms with E-state index >= 15 is 0 Å². The standard InChI is InChI=1S/C25H14Cl2I3O2S/c26-15-1-7-18(8-2-15)33(19-9-3-16(27)4-10-19)20-11-5-17(6-12-20)32-25(31)23-21(28)13-14-22(29)24(23)30/h1-14H/q+1. The maximum Gasteiger partial charge on any atom is 0.345 e. The number of benzene rings is 4. The van der Waals surface area contributed by atoms with E-state index in [1.165, 1.54) is 0 Å². The highest BCUT2D eigenvalue weighted by atomic mass is 127. The van der Waals surface area contributed by atoms with Crippen LogP contribution >= 0.6 is 91.0 Å². The second-order valence-electron chi connectivity index (χ2n) is 6.79. The number of halogens is 5. The summed E-state index contributed by atoms with van der Waals surface area (Å²) < 4.78 is 8.49. The molecular formula is C25H14Cl2I3O2S+. The Hall–Kier alpha value is -0.530. The van der Waals surface area contributed by atoms with Crippen LogP contribution in [-0.4, -0.2) is 5.97 Å². The third-order valence-electron chi connectivity index (χ3n) is 4.62. The summed E-state index contributed by atoms with van der Waals surface area (Å²) in [4.78, 5) is 16.2. The van der Waals surface area contributed by atoms with E-state index in [4.69, 9.17) is 27.9 Å². The van der Waals surface area contributed by atoms with Crippen LogP contribution in [0.25, 0.3) is 0 Å². The summed E-state index contributed by atoms with van der Waals surface area (Å²) in [6.07, 6.45) is 0. The predicted octanol–water partition coefficient (Wildman–Crippen LogP) is 9.12. The van der Waals surface area contributed by atoms with Crippen LogP contribution in [0.3, 0.4) is 0 Å². The number of carbonyl (C=O) groups is 1. The van der Waals surface area contributed by atoms with Crippen LogP contribution in [0, 0.1) is 10.7 Å². The molecule has 0 saturated heterocycles. The minimum atomic E-state index is -0.360. The Kier molecular flexibility index (Phi) is 8.88. The minimum Gasteiger partial charge on any atom is -0.423 e. The Balaban J connectivity index is 1.64. The third kappa shape index (κ3) is 6.19. The second-order valence-corrected chi connectivity index (χ2v) is 13.1. The summed E-state index contributed by atoms with van der Waals surface area (Å²) in [5.74, 6) is 0.148. The van der Waals surface area contributed by atoms with Crippen LogP contribution < -0.4 is 4.74 Å². The molecule has 4 aromatic carbocycles. The van der Waals surface area contributed by atoms with Crippen LogP contribution in [0.1, 0.15) is 10.4 Å². The Labute approximate surface area is 246 Å². The lowest BCUT2D eigenvalue weighted by atomic mass is 10.2. The van der Waals surface area contributed by atoms with Crippen molar-refractivity contribution in [2.45, 2.75) is 14.7 Å². The molecule has 0 spiro atoms. The molecule has 166 valence electrons. The number of hydrogen-bond acceptors (Lipinski definition) is 2. The lowest BCUT2D eigenvalue weighted by molar-refractivity contribution is 0.0732. The molecule has 0 atom stereocenters. The van der Waals surface area contributed by atoms with Gasteiger partial charge in [-0.1, -0.05) is 23.2 Å². The number of ether oxygens (including phenoxy) is 1. The van der Waals surface area contributed by atoms with E-state index < -0.39 is 0 Å². The number of carbonyl (C=O) groups excluding carboxylic acids is 1. The van der Waals surface area contributed by atoms with Crippen molar-refractivity contribution in [1.82, 2.24) is 0 Å². The van der Waals surface area contributed by atoms with E-state index in [2.05, 4.69) is 67.8 Å². The van der Waals surface area contributed by atoms with E-state index in [9.17, 15) is 4.79 Å². The Morgan fingerprint density at radius 3 is 1.55 bits per heavy atom. The monoisotopic (exact) mass is 829 g/mol. The van der Waals surface area contributed by atoms with Crippen molar-refractivity contribution in [2.24, 2.45) is 0 Å². The molecular weight excluding hydrogens is 816 g/mol. The zero-order chi connectivity index (χ0) is 23.5. The fourth-order valence-corrected chi connectivity index (χ4v) is 7.68. The number of rotatable bonds is 5. The Bertz CT molecular complexity index is 1250. The van der Waals surface area contributed by atoms with Gasteiger partial charge in [-0.25, -0.2) is 4.79 Å². The normalized spacial score (nSPS) is 11.0. The van der Waals surface area contributed by atoms with Gasteiger partial charge in [-0.3, -0.25) is 0 Å². The zero-order valence-electron chi connectivity index (χ0n) is 16.7. The van der Waals surface area contributed by atoms with Gasteiger partial charge in [-0.2, -0.15) is 0 Å². The lowest BCUT2D eigenvalue weighted by Gasteiger charge is -2.11. The molecule has 0 aliphatic rings. The van der Waals surface area contributed by atoms with Crippen LogP contribution in [0.2, 0.25) is 10.0 Å². The first kappa shape index (κ1) is 25.6. The van der Waals surface area contributed by atoms with Gasteiger partial charge in [0.2, 0.25) is 0 Å². The zero-order valence-corrected chi connectivity index (χ0v) is 25.5. The maximum absolute atomic E-state index is 12.9. The van der Waals surface area contributed by atoms with Gasteiger partial charge in [0, 0.05) is 20.8 Å². The third-order valence-corrected chi connectivity index (χ3v) is 11.3. The molecule has 2 nitrogen and oxygen atoms in total. The summed E-state index contributed by atoms with van der Waals surface area (Å²) in [6, 6.07) is 27.3. The highest BCUT2D eigenvalue weighted by Crippen LogP contribution is 2.34. The molecule has 8 heteroatoms. The molecule has 0 aliphatic heterocycles. The van der Waals surface area contributed by atoms with Crippen LogP contribution in [0.4, 0.5) is 0 Å². The summed E-state index contributed by atoms with van der Waals surface area (Å²) in [6.45, 7) is 0. The van der Waals surface area contributed by atoms with Crippen molar-refractivity contribution in [1.29, 1.82) is 0 Å². The van der Waals surface area contributed by atoms with Gasteiger partial charge in [-0.05, 0) is 153 Å². The fourth-order valence-electron chi connectivity index (χ4n) is 3.07. The summed E-state index contributed by atoms with van der Waals surface area (Å²) in [5.41, 5.74) is 0.592. The van der Waals surface area contributed by atoms with Crippen molar-refractivity contribution in [3.63, 3.8) is 0 Å². The Morgan fingerprint density at radius 1 is 0.636 bits per heavy atom. The lowest BCUT2D eigenvalue weighted by Crippen LogP contribution is -2.13. The van der Waals surface area contributed by atoms with Crippen molar-refractivity contribution in [3.05, 3.63) is 111 Å². The number of esters is 1. The average molecular weight is 830 g/mol. The van der Waals surface area contributed by atoms with Crippen LogP contribution in [0.15, 0.2) is 99.6 Å². The molecule has 0 heterocycles. The van der Waals surface area contributed by atoms with E-state index in [1.807, 2.05) is 84.9 Å². The van der Waals surface area contributed by atoms with Gasteiger partial charge in [0.15, 0.2) is 14.7 Å². The highest BCUT2D eigenvalue weighted by Gasteiger charge is 2.29. The van der Waals surface area contributed by atoms with Gasteiger partial charge in [0.1, 0.15) is 5.75 Å². The van der Waals surface area contributed by atoms with E-state index in [-0.39, 0.29) is 16.9 Å². The van der Waals surface area contributed by atoms with Gasteiger partial charge in [0.05, 0.1) is 16.5 Å². The first-order valence-corrected chi connectivity index (χ1v) is 14.8. The highest BCUT2D eigenvalue weighted by molar-refractivity contribution is 14.1. The molecule has 0 saturated carbocycles. The van der Waals surface area contributed by atoms with Gasteiger partial charge in [-0.15, -0.1) is 0 Å². The number of hydrogen-bond donors (Lipinski definition) is 0. The molecule has 0 N–H and O–H groups in total. The summed E-state index contributed by atoms with van der Waals surface area (Å²) in [7, 11) is -0.360. The molecule has 4 aromatic rings. The van der Waals surface area contributed by atoms with E-state index in [0.29, 0.717) is 21.4 Å². The van der Waals surface area contributed by atoms with Crippen molar-refractivity contribution in [2.75, 3.05) is 0 Å². The van der Waals surface area contributed by atoms with Crippen LogP contribution in [0.5, 0.6) is 5.75 Å². The first-order chi connectivity index (χ1) is 15.8. The molecule has 4 rings (SSSR count). The van der Waals surface area contributed by atoms with Gasteiger partial charge >= 0.3 is 5.97 Å². The molecule has 0 aromatic heterocycles. The molecule has 33 heavy (non-hydrogen) atoms. The maximum atomic E-state index is 12.9. The SMILES string of the molecule is O=C(Oc1ccc([S+](c2ccc(Cl)cc2)c2ccc(Cl)cc2)cc1)c1c(I)ccc(I)c1I. The Morgan fingerprint density at radius 2 is 1.06 bits per heavy atom.